The number of nitrogens with zero attached hydrogens (tertiary/aromatic N) is 1. The van der Waals surface area contributed by atoms with Crippen LogP contribution in [0.3, 0.4) is 0 Å². The van der Waals surface area contributed by atoms with Crippen molar-refractivity contribution in [3.8, 4) is 17.2 Å². The Hall–Kier alpha value is -2.79. The summed E-state index contributed by atoms with van der Waals surface area (Å²) in [6.45, 7) is 2.38. The predicted molar refractivity (Wildman–Crippen MR) is 115 cm³/mol. The number of carboxylic acid groups (broad SMARTS) is 1. The molecule has 1 aliphatic carbocycles. The number of aromatic nitrogens is 1. The fraction of sp³-hybridized carbons (Fsp3) is 0.333. The van der Waals surface area contributed by atoms with E-state index in [1.165, 1.54) is 0 Å². The molecule has 1 aromatic heterocycles. The first-order valence-corrected chi connectivity index (χ1v) is 10.5. The number of hydrogen-bond acceptors (Lipinski definition) is 4. The zero-order valence-electron chi connectivity index (χ0n) is 16.9. The zero-order chi connectivity index (χ0) is 21.1. The molecule has 0 atom stereocenters. The first kappa shape index (κ1) is 20.5. The van der Waals surface area contributed by atoms with Crippen molar-refractivity contribution in [3.63, 3.8) is 0 Å². The molecule has 5 nitrogen and oxygen atoms in total. The first-order chi connectivity index (χ1) is 14.4. The molecule has 1 heterocycles. The van der Waals surface area contributed by atoms with Crippen molar-refractivity contribution in [3.05, 3.63) is 70.6 Å². The average Bonchev–Trinajstić information content (AvgIpc) is 3.07. The number of benzene rings is 2. The highest BCUT2D eigenvalue weighted by Crippen LogP contribution is 2.44. The minimum atomic E-state index is -0.685. The smallest absolute Gasteiger partial charge is 0.309 e. The van der Waals surface area contributed by atoms with Crippen LogP contribution in [0.15, 0.2) is 52.9 Å². The Kier molecular flexibility index (Phi) is 5.82. The van der Waals surface area contributed by atoms with Crippen LogP contribution in [0.5, 0.6) is 5.75 Å². The van der Waals surface area contributed by atoms with Gasteiger partial charge in [-0.15, -0.1) is 0 Å². The summed E-state index contributed by atoms with van der Waals surface area (Å²) in [6, 6.07) is 15.1. The lowest BCUT2D eigenvalue weighted by Gasteiger charge is -2.37. The number of halogens is 1. The number of hydrogen-bond donors (Lipinski definition) is 1. The maximum absolute atomic E-state index is 11.5. The molecular weight excluding hydrogens is 402 g/mol. The molecule has 1 fully saturated rings. The molecule has 0 amide bonds. The van der Waals surface area contributed by atoms with Crippen LogP contribution in [-0.4, -0.2) is 22.7 Å². The molecule has 0 radical (unpaired) electrons. The van der Waals surface area contributed by atoms with E-state index in [-0.39, 0.29) is 0 Å². The van der Waals surface area contributed by atoms with Gasteiger partial charge in [-0.05, 0) is 68.1 Å². The van der Waals surface area contributed by atoms with E-state index in [4.69, 9.17) is 20.8 Å². The molecule has 1 saturated carbocycles. The van der Waals surface area contributed by atoms with E-state index in [1.807, 2.05) is 55.5 Å². The molecule has 2 aromatic carbocycles. The number of aliphatic carboxylic acids is 1. The first-order valence-electron chi connectivity index (χ1n) is 10.1. The third kappa shape index (κ3) is 4.36. The SMILES string of the molecule is Cc1oc(-c2ccc(Cl)cc2)nc1CCOc1ccc(CC2(C(=O)O)CCC2)cc1. The molecule has 0 saturated heterocycles. The van der Waals surface area contributed by atoms with Crippen molar-refractivity contribution >= 4 is 17.6 Å². The van der Waals surface area contributed by atoms with Gasteiger partial charge in [0, 0.05) is 17.0 Å². The van der Waals surface area contributed by atoms with Gasteiger partial charge >= 0.3 is 5.97 Å². The lowest BCUT2D eigenvalue weighted by molar-refractivity contribution is -0.154. The van der Waals surface area contributed by atoms with Gasteiger partial charge in [0.25, 0.3) is 0 Å². The van der Waals surface area contributed by atoms with E-state index in [2.05, 4.69) is 4.98 Å². The summed E-state index contributed by atoms with van der Waals surface area (Å²) in [6.07, 6.45) is 3.72. The molecule has 30 heavy (non-hydrogen) atoms. The lowest BCUT2D eigenvalue weighted by Crippen LogP contribution is -2.39. The molecule has 0 unspecified atom stereocenters. The number of carboxylic acids is 1. The van der Waals surface area contributed by atoms with E-state index < -0.39 is 11.4 Å². The van der Waals surface area contributed by atoms with Crippen LogP contribution in [0.4, 0.5) is 0 Å². The highest BCUT2D eigenvalue weighted by Gasteiger charge is 2.44. The minimum Gasteiger partial charge on any atom is -0.493 e. The number of ether oxygens (including phenoxy) is 1. The van der Waals surface area contributed by atoms with Gasteiger partial charge in [-0.3, -0.25) is 4.79 Å². The topological polar surface area (TPSA) is 72.6 Å². The van der Waals surface area contributed by atoms with Crippen molar-refractivity contribution < 1.29 is 19.1 Å². The minimum absolute atomic E-state index is 0.478. The molecule has 3 aromatic rings. The molecule has 0 aliphatic heterocycles. The van der Waals surface area contributed by atoms with Crippen LogP contribution in [0.1, 0.15) is 36.3 Å². The second-order valence-corrected chi connectivity index (χ2v) is 8.32. The Morgan fingerprint density at radius 2 is 1.87 bits per heavy atom. The van der Waals surface area contributed by atoms with Gasteiger partial charge in [0.2, 0.25) is 5.89 Å². The molecular formula is C24H24ClNO4. The van der Waals surface area contributed by atoms with E-state index in [9.17, 15) is 9.90 Å². The van der Waals surface area contributed by atoms with Crippen LogP contribution in [0.25, 0.3) is 11.5 Å². The average molecular weight is 426 g/mol. The van der Waals surface area contributed by atoms with E-state index in [0.717, 1.165) is 47.6 Å². The van der Waals surface area contributed by atoms with Gasteiger partial charge < -0.3 is 14.3 Å². The summed E-state index contributed by atoms with van der Waals surface area (Å²) >= 11 is 5.93. The molecule has 1 N–H and O–H groups in total. The fourth-order valence-electron chi connectivity index (χ4n) is 3.81. The van der Waals surface area contributed by atoms with Crippen LogP contribution < -0.4 is 4.74 Å². The Balaban J connectivity index is 1.32. The zero-order valence-corrected chi connectivity index (χ0v) is 17.6. The summed E-state index contributed by atoms with van der Waals surface area (Å²) in [5.41, 5.74) is 2.21. The van der Waals surface area contributed by atoms with Crippen molar-refractivity contribution in [1.82, 2.24) is 4.98 Å². The summed E-state index contributed by atoms with van der Waals surface area (Å²) < 4.78 is 11.6. The van der Waals surface area contributed by atoms with Crippen molar-refractivity contribution in [2.45, 2.75) is 39.0 Å². The van der Waals surface area contributed by atoms with Crippen LogP contribution >= 0.6 is 11.6 Å². The number of aryl methyl sites for hydroxylation is 1. The van der Waals surface area contributed by atoms with Crippen molar-refractivity contribution in [2.75, 3.05) is 6.61 Å². The van der Waals surface area contributed by atoms with Crippen LogP contribution in [0.2, 0.25) is 5.02 Å². The summed E-state index contributed by atoms with van der Waals surface area (Å²) in [7, 11) is 0. The van der Waals surface area contributed by atoms with Crippen molar-refractivity contribution in [1.29, 1.82) is 0 Å². The fourth-order valence-corrected chi connectivity index (χ4v) is 3.93. The summed E-state index contributed by atoms with van der Waals surface area (Å²) in [4.78, 5) is 16.1. The van der Waals surface area contributed by atoms with Crippen molar-refractivity contribution in [2.24, 2.45) is 5.41 Å². The van der Waals surface area contributed by atoms with E-state index >= 15 is 0 Å². The van der Waals surface area contributed by atoms with Gasteiger partial charge in [-0.25, -0.2) is 4.98 Å². The monoisotopic (exact) mass is 425 g/mol. The molecule has 1 aliphatic rings. The highest BCUT2D eigenvalue weighted by atomic mass is 35.5. The second-order valence-electron chi connectivity index (χ2n) is 7.89. The molecule has 156 valence electrons. The van der Waals surface area contributed by atoms with Crippen LogP contribution in [-0.2, 0) is 17.6 Å². The van der Waals surface area contributed by atoms with E-state index in [0.29, 0.717) is 30.4 Å². The van der Waals surface area contributed by atoms with Gasteiger partial charge in [-0.2, -0.15) is 0 Å². The van der Waals surface area contributed by atoms with Gasteiger partial charge in [0.05, 0.1) is 17.7 Å². The number of rotatable bonds is 8. The Morgan fingerprint density at radius 3 is 2.47 bits per heavy atom. The highest BCUT2D eigenvalue weighted by molar-refractivity contribution is 6.30. The number of oxazole rings is 1. The Morgan fingerprint density at radius 1 is 1.17 bits per heavy atom. The second kappa shape index (κ2) is 8.52. The van der Waals surface area contributed by atoms with Gasteiger partial charge in [-0.1, -0.05) is 30.2 Å². The molecule has 0 bridgehead atoms. The third-order valence-corrected chi connectivity index (χ3v) is 6.07. The summed E-state index contributed by atoms with van der Waals surface area (Å²) in [5, 5.41) is 10.2. The Bertz CT molecular complexity index is 1020. The predicted octanol–water partition coefficient (Wildman–Crippen LogP) is 5.72. The van der Waals surface area contributed by atoms with Crippen LogP contribution in [0, 0.1) is 12.3 Å². The maximum Gasteiger partial charge on any atom is 0.309 e. The van der Waals surface area contributed by atoms with E-state index in [1.54, 1.807) is 0 Å². The third-order valence-electron chi connectivity index (χ3n) is 5.82. The maximum atomic E-state index is 11.5. The van der Waals surface area contributed by atoms with Gasteiger partial charge in [0.1, 0.15) is 11.5 Å². The standard InChI is InChI=1S/C24H24ClNO4/c1-16-21(26-22(30-16)18-5-7-19(25)8-6-18)11-14-29-20-9-3-17(4-10-20)15-24(23(27)28)12-2-13-24/h3-10H,2,11-15H2,1H3,(H,27,28). The number of carbonyl (C=O) groups is 1. The molecule has 0 spiro atoms. The lowest BCUT2D eigenvalue weighted by atomic mass is 9.65. The largest absolute Gasteiger partial charge is 0.493 e. The van der Waals surface area contributed by atoms with Gasteiger partial charge in [0.15, 0.2) is 0 Å². The molecule has 4 rings (SSSR count). The molecule has 6 heteroatoms. The normalized spacial score (nSPS) is 14.9. The summed E-state index contributed by atoms with van der Waals surface area (Å²) in [5.74, 6) is 1.43. The quantitative estimate of drug-likeness (QED) is 0.499. The Labute approximate surface area is 180 Å².